The van der Waals surface area contributed by atoms with Gasteiger partial charge in [0, 0.05) is 24.7 Å². The van der Waals surface area contributed by atoms with Gasteiger partial charge in [0.15, 0.2) is 5.82 Å². The molecule has 1 aromatic heterocycles. The quantitative estimate of drug-likeness (QED) is 0.904. The predicted octanol–water partition coefficient (Wildman–Crippen LogP) is 2.62. The zero-order chi connectivity index (χ0) is 15.5. The highest BCUT2D eigenvalue weighted by molar-refractivity contribution is 5.40. The van der Waals surface area contributed by atoms with Crippen LogP contribution in [-0.4, -0.2) is 40.7 Å². The Morgan fingerprint density at radius 2 is 2.14 bits per heavy atom. The topological polar surface area (TPSA) is 50.3 Å². The Labute approximate surface area is 128 Å². The van der Waals surface area contributed by atoms with E-state index >= 15 is 0 Å². The summed E-state index contributed by atoms with van der Waals surface area (Å²) in [5.74, 6) is 1.53. The molecule has 0 radical (unpaired) electrons. The lowest BCUT2D eigenvalue weighted by atomic mass is 10.1. The average molecular weight is 292 g/mol. The van der Waals surface area contributed by atoms with Gasteiger partial charge in [-0.2, -0.15) is 4.98 Å². The van der Waals surface area contributed by atoms with Crippen LogP contribution in [-0.2, 0) is 0 Å². The Kier molecular flexibility index (Phi) is 5.04. The van der Waals surface area contributed by atoms with Gasteiger partial charge in [-0.15, -0.1) is 0 Å². The van der Waals surface area contributed by atoms with Crippen LogP contribution in [0.2, 0.25) is 0 Å². The standard InChI is InChI=1S/C16H28N4O/c1-12(2)21-15-11-17-10-14(19-15)20-8-6-7-13(20)9-18-16(3,4)5/h10-13,18H,6-9H2,1-5H3. The molecule has 1 aliphatic heterocycles. The molecule has 1 N–H and O–H groups in total. The smallest absolute Gasteiger partial charge is 0.234 e. The van der Waals surface area contributed by atoms with Crippen molar-refractivity contribution in [2.24, 2.45) is 0 Å². The van der Waals surface area contributed by atoms with Crippen LogP contribution in [0.25, 0.3) is 0 Å². The van der Waals surface area contributed by atoms with Gasteiger partial charge in [-0.1, -0.05) is 0 Å². The van der Waals surface area contributed by atoms with E-state index in [1.54, 1.807) is 6.20 Å². The lowest BCUT2D eigenvalue weighted by Crippen LogP contribution is -2.45. The van der Waals surface area contributed by atoms with Gasteiger partial charge in [0.25, 0.3) is 0 Å². The first-order valence-electron chi connectivity index (χ1n) is 7.85. The number of nitrogens with zero attached hydrogens (tertiary/aromatic N) is 3. The first kappa shape index (κ1) is 16.0. The largest absolute Gasteiger partial charge is 0.474 e. The molecule has 1 aromatic rings. The minimum absolute atomic E-state index is 0.117. The van der Waals surface area contributed by atoms with Gasteiger partial charge >= 0.3 is 0 Å². The fourth-order valence-electron chi connectivity index (χ4n) is 2.55. The van der Waals surface area contributed by atoms with Gasteiger partial charge in [-0.25, -0.2) is 0 Å². The molecule has 0 bridgehead atoms. The van der Waals surface area contributed by atoms with Gasteiger partial charge in [-0.05, 0) is 47.5 Å². The summed E-state index contributed by atoms with van der Waals surface area (Å²) in [6.07, 6.45) is 6.03. The Morgan fingerprint density at radius 3 is 2.81 bits per heavy atom. The lowest BCUT2D eigenvalue weighted by Gasteiger charge is -2.29. The zero-order valence-electron chi connectivity index (χ0n) is 13.9. The van der Waals surface area contributed by atoms with Crippen LogP contribution in [0.1, 0.15) is 47.5 Å². The molecule has 2 rings (SSSR count). The van der Waals surface area contributed by atoms with Gasteiger partial charge in [-0.3, -0.25) is 4.98 Å². The van der Waals surface area contributed by atoms with Crippen molar-refractivity contribution in [3.63, 3.8) is 0 Å². The van der Waals surface area contributed by atoms with Crippen molar-refractivity contribution in [2.75, 3.05) is 18.0 Å². The highest BCUT2D eigenvalue weighted by Gasteiger charge is 2.27. The van der Waals surface area contributed by atoms with Gasteiger partial charge < -0.3 is 15.0 Å². The Bertz CT molecular complexity index is 456. The lowest BCUT2D eigenvalue weighted by molar-refractivity contribution is 0.231. The van der Waals surface area contributed by atoms with E-state index in [9.17, 15) is 0 Å². The summed E-state index contributed by atoms with van der Waals surface area (Å²) in [4.78, 5) is 11.2. The molecule has 0 aromatic carbocycles. The minimum atomic E-state index is 0.117. The fraction of sp³-hybridized carbons (Fsp3) is 0.750. The molecule has 2 heterocycles. The number of hydrogen-bond acceptors (Lipinski definition) is 5. The number of nitrogens with one attached hydrogen (secondary N) is 1. The van der Waals surface area contributed by atoms with Crippen LogP contribution >= 0.6 is 0 Å². The molecule has 5 nitrogen and oxygen atoms in total. The van der Waals surface area contributed by atoms with Gasteiger partial charge in [0.1, 0.15) is 0 Å². The first-order valence-corrected chi connectivity index (χ1v) is 7.85. The fourth-order valence-corrected chi connectivity index (χ4v) is 2.55. The van der Waals surface area contributed by atoms with Crippen molar-refractivity contribution in [1.29, 1.82) is 0 Å². The SMILES string of the molecule is CC(C)Oc1cncc(N2CCCC2CNC(C)(C)C)n1. The summed E-state index contributed by atoms with van der Waals surface area (Å²) < 4.78 is 5.65. The third-order valence-electron chi connectivity index (χ3n) is 3.50. The predicted molar refractivity (Wildman–Crippen MR) is 85.9 cm³/mol. The normalized spacial score (nSPS) is 19.3. The number of rotatable bonds is 5. The second kappa shape index (κ2) is 6.60. The summed E-state index contributed by atoms with van der Waals surface area (Å²) in [6, 6.07) is 0.479. The Morgan fingerprint density at radius 1 is 1.38 bits per heavy atom. The summed E-state index contributed by atoms with van der Waals surface area (Å²) in [7, 11) is 0. The van der Waals surface area contributed by atoms with Crippen LogP contribution in [0, 0.1) is 0 Å². The molecule has 1 unspecified atom stereocenters. The molecule has 21 heavy (non-hydrogen) atoms. The summed E-state index contributed by atoms with van der Waals surface area (Å²) in [5.41, 5.74) is 0.141. The number of aromatic nitrogens is 2. The van der Waals surface area contributed by atoms with Crippen LogP contribution < -0.4 is 15.0 Å². The van der Waals surface area contributed by atoms with E-state index in [1.165, 1.54) is 12.8 Å². The van der Waals surface area contributed by atoms with Crippen LogP contribution in [0.15, 0.2) is 12.4 Å². The summed E-state index contributed by atoms with van der Waals surface area (Å²) in [5, 5.41) is 3.59. The van der Waals surface area contributed by atoms with E-state index in [2.05, 4.69) is 41.0 Å². The van der Waals surface area contributed by atoms with Crippen molar-refractivity contribution < 1.29 is 4.74 Å². The highest BCUT2D eigenvalue weighted by Crippen LogP contribution is 2.25. The average Bonchev–Trinajstić information content (AvgIpc) is 2.83. The van der Waals surface area contributed by atoms with Crippen molar-refractivity contribution >= 4 is 5.82 Å². The third kappa shape index (κ3) is 4.84. The molecule has 0 spiro atoms. The molecule has 0 aliphatic carbocycles. The maximum Gasteiger partial charge on any atom is 0.234 e. The molecule has 118 valence electrons. The Balaban J connectivity index is 2.05. The Hall–Kier alpha value is -1.36. The maximum atomic E-state index is 5.65. The summed E-state index contributed by atoms with van der Waals surface area (Å²) >= 11 is 0. The molecule has 1 saturated heterocycles. The van der Waals surface area contributed by atoms with Gasteiger partial charge in [0.05, 0.1) is 18.5 Å². The molecule has 0 amide bonds. The first-order chi connectivity index (χ1) is 9.85. The molecule has 1 atom stereocenters. The van der Waals surface area contributed by atoms with E-state index in [0.29, 0.717) is 11.9 Å². The molecule has 0 saturated carbocycles. The third-order valence-corrected chi connectivity index (χ3v) is 3.50. The monoisotopic (exact) mass is 292 g/mol. The van der Waals surface area contributed by atoms with E-state index in [1.807, 2.05) is 20.0 Å². The van der Waals surface area contributed by atoms with Crippen LogP contribution in [0.4, 0.5) is 5.82 Å². The maximum absolute atomic E-state index is 5.65. The van der Waals surface area contributed by atoms with E-state index in [-0.39, 0.29) is 11.6 Å². The minimum Gasteiger partial charge on any atom is -0.474 e. The van der Waals surface area contributed by atoms with Crippen molar-refractivity contribution in [2.45, 2.75) is 65.1 Å². The van der Waals surface area contributed by atoms with Crippen molar-refractivity contribution in [3.8, 4) is 5.88 Å². The molecular weight excluding hydrogens is 264 g/mol. The van der Waals surface area contributed by atoms with Crippen LogP contribution in [0.3, 0.4) is 0 Å². The van der Waals surface area contributed by atoms with E-state index < -0.39 is 0 Å². The number of hydrogen-bond donors (Lipinski definition) is 1. The molecule has 1 aliphatic rings. The van der Waals surface area contributed by atoms with Crippen molar-refractivity contribution in [3.05, 3.63) is 12.4 Å². The van der Waals surface area contributed by atoms with Gasteiger partial charge in [0.2, 0.25) is 5.88 Å². The second-order valence-corrected chi connectivity index (χ2v) is 7.00. The number of anilines is 1. The van der Waals surface area contributed by atoms with E-state index in [0.717, 1.165) is 18.9 Å². The van der Waals surface area contributed by atoms with Crippen molar-refractivity contribution in [1.82, 2.24) is 15.3 Å². The van der Waals surface area contributed by atoms with E-state index in [4.69, 9.17) is 4.74 Å². The molecule has 5 heteroatoms. The number of ether oxygens (including phenoxy) is 1. The molecule has 1 fully saturated rings. The second-order valence-electron chi connectivity index (χ2n) is 7.00. The zero-order valence-corrected chi connectivity index (χ0v) is 13.9. The summed E-state index contributed by atoms with van der Waals surface area (Å²) in [6.45, 7) is 12.6. The highest BCUT2D eigenvalue weighted by atomic mass is 16.5. The molecular formula is C16H28N4O. The van der Waals surface area contributed by atoms with Crippen LogP contribution in [0.5, 0.6) is 5.88 Å².